The molecule has 2 nitrogen and oxygen atoms in total. The van der Waals surface area contributed by atoms with E-state index in [1.54, 1.807) is 13.2 Å². The number of rotatable bonds is 0. The molecule has 2 atom stereocenters. The second-order valence-corrected chi connectivity index (χ2v) is 4.14. The van der Waals surface area contributed by atoms with Gasteiger partial charge >= 0.3 is 0 Å². The van der Waals surface area contributed by atoms with Crippen LogP contribution in [-0.4, -0.2) is 17.7 Å². The quantitative estimate of drug-likeness (QED) is 0.420. The molecule has 0 amide bonds. The van der Waals surface area contributed by atoms with E-state index in [2.05, 4.69) is 0 Å². The van der Waals surface area contributed by atoms with Crippen molar-refractivity contribution in [1.29, 1.82) is 0 Å². The summed E-state index contributed by atoms with van der Waals surface area (Å²) in [6.45, 7) is 0. The van der Waals surface area contributed by atoms with E-state index in [-0.39, 0.29) is 10.7 Å². The fraction of sp³-hybridized carbons (Fsp3) is 0.556. The zero-order valence-electron chi connectivity index (χ0n) is 7.09. The lowest BCUT2D eigenvalue weighted by molar-refractivity contribution is -0.829. The van der Waals surface area contributed by atoms with Crippen molar-refractivity contribution in [2.24, 2.45) is 0 Å². The van der Waals surface area contributed by atoms with Crippen molar-refractivity contribution < 1.29 is 4.65 Å². The first-order valence-corrected chi connectivity index (χ1v) is 4.63. The minimum atomic E-state index is -0.315. The molecule has 1 heterocycles. The fourth-order valence-electron chi connectivity index (χ4n) is 2.15. The highest BCUT2D eigenvalue weighted by molar-refractivity contribution is 6.31. The summed E-state index contributed by atoms with van der Waals surface area (Å²) >= 11 is 5.84. The Bertz CT molecular complexity index is 268. The normalized spacial score (nSPS) is 40.4. The molecule has 0 radical (unpaired) electrons. The van der Waals surface area contributed by atoms with Crippen LogP contribution in [0.25, 0.3) is 0 Å². The van der Waals surface area contributed by atoms with Gasteiger partial charge in [0, 0.05) is 6.42 Å². The summed E-state index contributed by atoms with van der Waals surface area (Å²) in [6.07, 6.45) is 6.72. The largest absolute Gasteiger partial charge is 0.627 e. The number of likely N-dealkylation sites (N-methyl/N-ethyl adjacent to an activating group) is 1. The Labute approximate surface area is 77.3 Å². The van der Waals surface area contributed by atoms with Gasteiger partial charge in [-0.1, -0.05) is 11.6 Å². The molecule has 0 aromatic heterocycles. The summed E-state index contributed by atoms with van der Waals surface area (Å²) in [5.41, 5.74) is 1.24. The van der Waals surface area contributed by atoms with E-state index < -0.39 is 0 Å². The van der Waals surface area contributed by atoms with E-state index in [0.717, 1.165) is 19.3 Å². The lowest BCUT2D eigenvalue weighted by Crippen LogP contribution is -2.43. The monoisotopic (exact) mass is 185 g/mol. The minimum absolute atomic E-state index is 0.146. The molecule has 2 rings (SSSR count). The summed E-state index contributed by atoms with van der Waals surface area (Å²) in [4.78, 5) is 0. The Hall–Kier alpha value is -0.310. The maximum absolute atomic E-state index is 11.9. The van der Waals surface area contributed by atoms with Crippen molar-refractivity contribution in [3.8, 4) is 0 Å². The van der Waals surface area contributed by atoms with Crippen molar-refractivity contribution in [2.45, 2.75) is 25.3 Å². The average Bonchev–Trinajstić information content (AvgIpc) is 2.32. The summed E-state index contributed by atoms with van der Waals surface area (Å²) < 4.78 is -0.315. The summed E-state index contributed by atoms with van der Waals surface area (Å²) in [7, 11) is 1.67. The smallest absolute Gasteiger partial charge is 0.115 e. The van der Waals surface area contributed by atoms with Crippen LogP contribution in [0.1, 0.15) is 19.3 Å². The van der Waals surface area contributed by atoms with E-state index in [4.69, 9.17) is 11.6 Å². The number of hydrogen-bond donors (Lipinski definition) is 0. The molecule has 1 fully saturated rings. The summed E-state index contributed by atoms with van der Waals surface area (Å²) in [5, 5.41) is 12.5. The molecule has 0 bridgehead atoms. The number of allylic oxidation sites excluding steroid dienone is 2. The summed E-state index contributed by atoms with van der Waals surface area (Å²) in [6, 6.07) is 0.146. The number of nitrogens with zero attached hydrogens (tertiary/aromatic N) is 1. The van der Waals surface area contributed by atoms with Gasteiger partial charge in [-0.05, 0) is 24.5 Å². The van der Waals surface area contributed by atoms with Crippen LogP contribution in [0.2, 0.25) is 0 Å². The Balaban J connectivity index is 2.38. The van der Waals surface area contributed by atoms with Gasteiger partial charge in [0.25, 0.3) is 0 Å². The molecule has 0 spiro atoms. The zero-order valence-corrected chi connectivity index (χ0v) is 7.84. The molecule has 2 aliphatic rings. The van der Waals surface area contributed by atoms with E-state index in [0.29, 0.717) is 5.03 Å². The van der Waals surface area contributed by atoms with Crippen molar-refractivity contribution in [1.82, 2.24) is 0 Å². The lowest BCUT2D eigenvalue weighted by atomic mass is 10.1. The molecule has 12 heavy (non-hydrogen) atoms. The second kappa shape index (κ2) is 2.59. The van der Waals surface area contributed by atoms with E-state index in [1.165, 1.54) is 5.57 Å². The zero-order chi connectivity index (χ0) is 8.77. The topological polar surface area (TPSA) is 23.1 Å². The molecule has 0 saturated heterocycles. The van der Waals surface area contributed by atoms with Crippen LogP contribution < -0.4 is 0 Å². The first kappa shape index (κ1) is 8.30. The Morgan fingerprint density at radius 2 is 2.42 bits per heavy atom. The van der Waals surface area contributed by atoms with Crippen LogP contribution in [-0.2, 0) is 0 Å². The molecule has 1 aliphatic carbocycles. The molecule has 0 N–H and O–H groups in total. The molecular formula is C9H12ClNO. The van der Waals surface area contributed by atoms with Crippen LogP contribution in [0, 0.1) is 5.21 Å². The third-order valence-electron chi connectivity index (χ3n) is 2.69. The van der Waals surface area contributed by atoms with Crippen LogP contribution in [0.4, 0.5) is 0 Å². The molecular weight excluding hydrogens is 174 g/mol. The maximum atomic E-state index is 11.9. The van der Waals surface area contributed by atoms with Gasteiger partial charge in [0.1, 0.15) is 12.2 Å². The molecule has 2 unspecified atom stereocenters. The van der Waals surface area contributed by atoms with Crippen LogP contribution >= 0.6 is 11.6 Å². The van der Waals surface area contributed by atoms with Gasteiger partial charge < -0.3 is 9.85 Å². The highest BCUT2D eigenvalue weighted by Crippen LogP contribution is 2.37. The van der Waals surface area contributed by atoms with Crippen molar-refractivity contribution in [2.75, 3.05) is 7.05 Å². The third kappa shape index (κ3) is 1.20. The SMILES string of the molecule is C[N+]1([O-])C=C(Cl)C=C2CCCC21. The third-order valence-corrected chi connectivity index (χ3v) is 2.90. The highest BCUT2D eigenvalue weighted by atomic mass is 35.5. The van der Waals surface area contributed by atoms with Crippen molar-refractivity contribution >= 4 is 11.6 Å². The molecule has 0 aromatic rings. The standard InChI is InChI=1S/C9H12ClNO/c1-11(12)6-8(10)5-7-3-2-4-9(7)11/h5-6,9H,2-4H2,1H3. The Morgan fingerprint density at radius 3 is 3.17 bits per heavy atom. The Morgan fingerprint density at radius 1 is 1.67 bits per heavy atom. The Kier molecular flexibility index (Phi) is 1.79. The van der Waals surface area contributed by atoms with Crippen molar-refractivity contribution in [3.05, 3.63) is 28.1 Å². The predicted octanol–water partition coefficient (Wildman–Crippen LogP) is 2.50. The number of quaternary nitrogens is 1. The molecule has 66 valence electrons. The summed E-state index contributed by atoms with van der Waals surface area (Å²) in [5.74, 6) is 0. The van der Waals surface area contributed by atoms with Crippen molar-refractivity contribution in [3.63, 3.8) is 0 Å². The average molecular weight is 186 g/mol. The van der Waals surface area contributed by atoms with Crippen LogP contribution in [0.3, 0.4) is 0 Å². The van der Waals surface area contributed by atoms with Gasteiger partial charge in [-0.3, -0.25) is 0 Å². The van der Waals surface area contributed by atoms with Gasteiger partial charge in [-0.2, -0.15) is 0 Å². The molecule has 0 aromatic carbocycles. The number of hydrogen-bond acceptors (Lipinski definition) is 1. The van der Waals surface area contributed by atoms with Gasteiger partial charge in [-0.15, -0.1) is 0 Å². The highest BCUT2D eigenvalue weighted by Gasteiger charge is 2.34. The van der Waals surface area contributed by atoms with E-state index in [1.807, 2.05) is 6.08 Å². The first-order valence-electron chi connectivity index (χ1n) is 4.25. The lowest BCUT2D eigenvalue weighted by Gasteiger charge is -2.43. The first-order chi connectivity index (χ1) is 5.59. The predicted molar refractivity (Wildman–Crippen MR) is 49.2 cm³/mol. The maximum Gasteiger partial charge on any atom is 0.115 e. The number of halogens is 1. The fourth-order valence-corrected chi connectivity index (χ4v) is 2.49. The minimum Gasteiger partial charge on any atom is -0.627 e. The molecule has 1 aliphatic heterocycles. The van der Waals surface area contributed by atoms with Gasteiger partial charge in [-0.25, -0.2) is 0 Å². The van der Waals surface area contributed by atoms with E-state index >= 15 is 0 Å². The van der Waals surface area contributed by atoms with Gasteiger partial charge in [0.2, 0.25) is 0 Å². The number of fused-ring (bicyclic) bond motifs is 1. The van der Waals surface area contributed by atoms with Crippen LogP contribution in [0.5, 0.6) is 0 Å². The second-order valence-electron chi connectivity index (χ2n) is 3.70. The van der Waals surface area contributed by atoms with Gasteiger partial charge in [0.05, 0.1) is 12.1 Å². The van der Waals surface area contributed by atoms with Crippen LogP contribution in [0.15, 0.2) is 22.9 Å². The number of hydroxylamine groups is 3. The molecule has 3 heteroatoms. The van der Waals surface area contributed by atoms with E-state index in [9.17, 15) is 5.21 Å². The molecule has 1 saturated carbocycles. The van der Waals surface area contributed by atoms with Gasteiger partial charge in [0.15, 0.2) is 0 Å².